The summed E-state index contributed by atoms with van der Waals surface area (Å²) in [5.74, 6) is -0.687. The normalized spacial score (nSPS) is 21.8. The Morgan fingerprint density at radius 2 is 1.69 bits per heavy atom. The van der Waals surface area contributed by atoms with E-state index >= 15 is 4.39 Å². The second kappa shape index (κ2) is 22.8. The second-order valence-electron chi connectivity index (χ2n) is 22.5. The zero-order valence-corrected chi connectivity index (χ0v) is 45.7. The summed E-state index contributed by atoms with van der Waals surface area (Å²) >= 11 is 0. The number of rotatable bonds is 6. The Balaban J connectivity index is 0.000000153. The molecule has 7 aliphatic rings. The van der Waals surface area contributed by atoms with Gasteiger partial charge >= 0.3 is 12.1 Å². The van der Waals surface area contributed by atoms with E-state index in [1.54, 1.807) is 12.1 Å². The van der Waals surface area contributed by atoms with Gasteiger partial charge in [-0.1, -0.05) is 37.1 Å². The number of carbonyl (C=O) groups is 3. The van der Waals surface area contributed by atoms with Crippen LogP contribution in [0.25, 0.3) is 43.8 Å². The number of fused-ring (bicyclic) bond motifs is 5. The van der Waals surface area contributed by atoms with E-state index in [0.717, 1.165) is 98.7 Å². The lowest BCUT2D eigenvalue weighted by Crippen LogP contribution is -2.45. The number of aryl methyl sites for hydroxylation is 2. The molecule has 6 fully saturated rings. The summed E-state index contributed by atoms with van der Waals surface area (Å²) in [6.07, 6.45) is 15.3. The number of hydrogen-bond donors (Lipinski definition) is 1. The average molecular weight is 1100 g/mol. The Labute approximate surface area is 462 Å². The number of ether oxygens (including phenoxy) is 3. The average Bonchev–Trinajstić information content (AvgIpc) is 4.12. The molecule has 0 aliphatic carbocycles. The van der Waals surface area contributed by atoms with E-state index in [9.17, 15) is 27.6 Å². The SMILES string of the molecule is C#Cc1c(F)ccc2cccc(-c3nc4c5c(nc(OCC67CCCN6CCC7)nc5c3F)N3CCCOCC3CC4)c12.CC1CCN(c2ccc3c(C4CCC(=O)NC4=O)nn(C)c3c2)CC1.COC(=O)N1CCCC(F)(F)C1. The van der Waals surface area contributed by atoms with Gasteiger partial charge in [-0.15, -0.1) is 6.42 Å². The first-order chi connectivity index (χ1) is 38.6. The molecule has 10 heterocycles. The summed E-state index contributed by atoms with van der Waals surface area (Å²) in [4.78, 5) is 57.3. The molecule has 3 aromatic carbocycles. The van der Waals surface area contributed by atoms with Crippen LogP contribution in [0.2, 0.25) is 0 Å². The smallest absolute Gasteiger partial charge is 0.409 e. The van der Waals surface area contributed by atoms with Crippen LogP contribution in [0, 0.1) is 29.9 Å². The molecule has 13 rings (SSSR count). The van der Waals surface area contributed by atoms with Crippen molar-refractivity contribution < 1.29 is 46.2 Å². The maximum atomic E-state index is 16.9. The number of anilines is 2. The molecule has 6 aromatic rings. The van der Waals surface area contributed by atoms with Gasteiger partial charge in [0.05, 0.1) is 65.6 Å². The number of likely N-dealkylation sites (tertiary alicyclic amines) is 1. The van der Waals surface area contributed by atoms with Crippen LogP contribution in [0.1, 0.15) is 107 Å². The lowest BCUT2D eigenvalue weighted by molar-refractivity contribution is -0.134. The molecule has 0 radical (unpaired) electrons. The fourth-order valence-electron chi connectivity index (χ4n) is 13.0. The lowest BCUT2D eigenvalue weighted by atomic mass is 9.92. The number of carbonyl (C=O) groups excluding carboxylic acids is 3. The molecule has 0 saturated carbocycles. The van der Waals surface area contributed by atoms with Gasteiger partial charge < -0.3 is 28.9 Å². The highest BCUT2D eigenvalue weighted by molar-refractivity contribution is 6.04. The summed E-state index contributed by atoms with van der Waals surface area (Å²) in [5.41, 5.74) is 4.57. The summed E-state index contributed by atoms with van der Waals surface area (Å²) in [7, 11) is 3.11. The largest absolute Gasteiger partial charge is 0.461 e. The van der Waals surface area contributed by atoms with Crippen LogP contribution >= 0.6 is 0 Å². The summed E-state index contributed by atoms with van der Waals surface area (Å²) in [6, 6.07) is 15.0. The van der Waals surface area contributed by atoms with E-state index in [4.69, 9.17) is 30.8 Å². The molecule has 20 heteroatoms. The summed E-state index contributed by atoms with van der Waals surface area (Å²) in [5, 5.41) is 9.85. The van der Waals surface area contributed by atoms with Crippen molar-refractivity contribution in [1.82, 2.24) is 39.8 Å². The molecule has 422 valence electrons. The van der Waals surface area contributed by atoms with Gasteiger partial charge in [0, 0.05) is 74.7 Å². The number of benzene rings is 3. The minimum absolute atomic E-state index is 0.00280. The number of imide groups is 1. The molecule has 2 atom stereocenters. The van der Waals surface area contributed by atoms with Crippen molar-refractivity contribution in [3.05, 3.63) is 77.1 Å². The van der Waals surface area contributed by atoms with E-state index in [0.29, 0.717) is 85.3 Å². The number of terminal acetylenes is 1. The third-order valence-corrected chi connectivity index (χ3v) is 17.3. The van der Waals surface area contributed by atoms with Crippen molar-refractivity contribution >= 4 is 62.0 Å². The van der Waals surface area contributed by atoms with Gasteiger partial charge in [0.15, 0.2) is 5.82 Å². The minimum Gasteiger partial charge on any atom is -0.461 e. The molecular weight excluding hydrogens is 1030 g/mol. The fourth-order valence-corrected chi connectivity index (χ4v) is 13.0. The number of aromatic nitrogens is 5. The van der Waals surface area contributed by atoms with Crippen LogP contribution < -0.4 is 19.9 Å². The van der Waals surface area contributed by atoms with E-state index < -0.39 is 30.2 Å². The Morgan fingerprint density at radius 1 is 0.900 bits per heavy atom. The Kier molecular flexibility index (Phi) is 15.6. The molecule has 2 unspecified atom stereocenters. The van der Waals surface area contributed by atoms with Crippen LogP contribution in [0.4, 0.5) is 33.9 Å². The van der Waals surface area contributed by atoms with E-state index in [1.165, 1.54) is 31.7 Å². The maximum Gasteiger partial charge on any atom is 0.409 e. The number of nitrogens with one attached hydrogen (secondary N) is 1. The highest BCUT2D eigenvalue weighted by Gasteiger charge is 2.45. The van der Waals surface area contributed by atoms with Crippen molar-refractivity contribution in [3.63, 3.8) is 0 Å². The first-order valence-electron chi connectivity index (χ1n) is 28.2. The van der Waals surface area contributed by atoms with Crippen LogP contribution in [-0.4, -0.2) is 143 Å². The van der Waals surface area contributed by atoms with Gasteiger partial charge in [-0.2, -0.15) is 15.1 Å². The first kappa shape index (κ1) is 54.8. The van der Waals surface area contributed by atoms with Gasteiger partial charge in [-0.3, -0.25) is 24.5 Å². The Morgan fingerprint density at radius 3 is 2.44 bits per heavy atom. The quantitative estimate of drug-likeness (QED) is 0.0956. The number of alkyl halides is 2. The number of methoxy groups -OCH3 is 1. The topological polar surface area (TPSA) is 160 Å². The van der Waals surface area contributed by atoms with Crippen LogP contribution in [0.15, 0.2) is 48.5 Å². The number of halogens is 4. The summed E-state index contributed by atoms with van der Waals surface area (Å²) < 4.78 is 75.7. The second-order valence-corrected chi connectivity index (χ2v) is 22.5. The predicted molar refractivity (Wildman–Crippen MR) is 296 cm³/mol. The molecule has 3 aromatic heterocycles. The number of pyridine rings is 1. The monoisotopic (exact) mass is 1100 g/mol. The van der Waals surface area contributed by atoms with Crippen molar-refractivity contribution in [2.75, 3.05) is 82.5 Å². The lowest BCUT2D eigenvalue weighted by Gasteiger charge is -2.32. The van der Waals surface area contributed by atoms with E-state index in [1.807, 2.05) is 23.9 Å². The third kappa shape index (κ3) is 10.8. The van der Waals surface area contributed by atoms with E-state index in [-0.39, 0.29) is 58.5 Å². The minimum atomic E-state index is -2.74. The van der Waals surface area contributed by atoms with Gasteiger partial charge in [-0.05, 0) is 119 Å². The number of nitrogens with zero attached hydrogens (tertiary/aromatic N) is 9. The standard InChI is InChI=1S/C34H33F2N5O2.C19H24N4O2.C7H11F2NO2/c1-2-23-25(35)11-9-21-7-3-8-24(27(21)23)30-29(36)31-28-26(37-30)12-10-22-19-42-18-6-17-41(22)32(28)39-33(38-31)43-20-34-13-4-15-40(34)16-5-14-34;1-12-7-9-23(10-8-12)13-3-4-14-16(11-13)22(2)21-18(14)15-5-6-17(24)20-19(15)25;1-12-6(11)10-4-2-3-7(8,9)5-10/h1,3,7-9,11,22H,4-6,10,12-20H2;3-4,11-12,15H,5-10H2,1-2H3,(H,20,24,25);2-5H2,1H3. The van der Waals surface area contributed by atoms with Gasteiger partial charge in [-0.25, -0.2) is 27.3 Å². The van der Waals surface area contributed by atoms with Crippen LogP contribution in [0.5, 0.6) is 6.01 Å². The third-order valence-electron chi connectivity index (χ3n) is 17.3. The van der Waals surface area contributed by atoms with Gasteiger partial charge in [0.1, 0.15) is 29.5 Å². The number of amides is 3. The van der Waals surface area contributed by atoms with Crippen LogP contribution in [-0.2, 0) is 32.5 Å². The zero-order chi connectivity index (χ0) is 55.9. The number of piperidine rings is 3. The van der Waals surface area contributed by atoms with Crippen molar-refractivity contribution in [2.24, 2.45) is 13.0 Å². The highest BCUT2D eigenvalue weighted by atomic mass is 19.3. The first-order valence-corrected chi connectivity index (χ1v) is 28.2. The van der Waals surface area contributed by atoms with E-state index in [2.05, 4.69) is 60.9 Å². The number of hydrogen-bond acceptors (Lipinski definition) is 13. The van der Waals surface area contributed by atoms with Gasteiger partial charge in [0.25, 0.3) is 5.92 Å². The Hall–Kier alpha value is -7.11. The van der Waals surface area contributed by atoms with Crippen LogP contribution in [0.3, 0.4) is 0 Å². The molecule has 7 aliphatic heterocycles. The predicted octanol–water partition coefficient (Wildman–Crippen LogP) is 9.47. The highest BCUT2D eigenvalue weighted by Crippen LogP contribution is 2.43. The Bertz CT molecular complexity index is 3390. The molecular formula is C60H68F4N10O6. The van der Waals surface area contributed by atoms with Crippen molar-refractivity contribution in [1.29, 1.82) is 0 Å². The maximum absolute atomic E-state index is 16.9. The molecule has 16 nitrogen and oxygen atoms in total. The van der Waals surface area contributed by atoms with Gasteiger partial charge in [0.2, 0.25) is 11.8 Å². The molecule has 80 heavy (non-hydrogen) atoms. The molecule has 3 amide bonds. The molecule has 6 saturated heterocycles. The summed E-state index contributed by atoms with van der Waals surface area (Å²) in [6.45, 7) is 8.97. The molecule has 0 spiro atoms. The fraction of sp³-hybridized carbons (Fsp3) is 0.517. The molecule has 1 N–H and O–H groups in total. The van der Waals surface area contributed by atoms with Crippen molar-refractivity contribution in [3.8, 4) is 29.6 Å². The zero-order valence-electron chi connectivity index (χ0n) is 45.7. The van der Waals surface area contributed by atoms with Crippen molar-refractivity contribution in [2.45, 2.75) is 114 Å². The molecule has 0 bridgehead atoms.